The molecule has 1 saturated heterocycles. The predicted octanol–water partition coefficient (Wildman–Crippen LogP) is 4.29. The van der Waals surface area contributed by atoms with Crippen molar-refractivity contribution in [3.8, 4) is 0 Å². The lowest BCUT2D eigenvalue weighted by molar-refractivity contribution is -0.315. The van der Waals surface area contributed by atoms with E-state index in [4.69, 9.17) is 14.2 Å². The summed E-state index contributed by atoms with van der Waals surface area (Å²) in [6.07, 6.45) is 4.93. The highest BCUT2D eigenvalue weighted by atomic mass is 16.7. The van der Waals surface area contributed by atoms with Crippen LogP contribution in [0.15, 0.2) is 30.8 Å². The van der Waals surface area contributed by atoms with Crippen molar-refractivity contribution < 1.29 is 23.8 Å². The van der Waals surface area contributed by atoms with Crippen LogP contribution in [0.25, 0.3) is 5.70 Å². The third-order valence-corrected chi connectivity index (χ3v) is 6.13. The SMILES string of the molecule is C=C1c2ccccc2C(=O)N1CC[C@@H]1C[C@H](CC(=O)OC(C)C)OC2(CCCC2)O1. The maximum Gasteiger partial charge on any atom is 0.308 e. The van der Waals surface area contributed by atoms with E-state index in [2.05, 4.69) is 6.58 Å². The number of rotatable bonds is 6. The van der Waals surface area contributed by atoms with Gasteiger partial charge in [-0.3, -0.25) is 9.59 Å². The molecule has 1 spiro atoms. The fraction of sp³-hybridized carbons (Fsp3) is 0.583. The summed E-state index contributed by atoms with van der Waals surface area (Å²) in [4.78, 5) is 26.7. The first-order valence-electron chi connectivity index (χ1n) is 11.0. The molecule has 1 aromatic rings. The molecular formula is C24H31NO5. The predicted molar refractivity (Wildman–Crippen MR) is 113 cm³/mol. The summed E-state index contributed by atoms with van der Waals surface area (Å²) < 4.78 is 18.0. The van der Waals surface area contributed by atoms with Crippen LogP contribution in [0.3, 0.4) is 0 Å². The Morgan fingerprint density at radius 3 is 2.53 bits per heavy atom. The zero-order valence-electron chi connectivity index (χ0n) is 17.9. The number of nitrogens with zero attached hydrogens (tertiary/aromatic N) is 1. The Morgan fingerprint density at radius 2 is 1.87 bits per heavy atom. The largest absolute Gasteiger partial charge is 0.463 e. The van der Waals surface area contributed by atoms with Gasteiger partial charge in [-0.25, -0.2) is 0 Å². The van der Waals surface area contributed by atoms with E-state index in [1.165, 1.54) is 0 Å². The lowest BCUT2D eigenvalue weighted by Crippen LogP contribution is -2.48. The Hall–Kier alpha value is -2.18. The van der Waals surface area contributed by atoms with Gasteiger partial charge in [-0.15, -0.1) is 0 Å². The minimum atomic E-state index is -0.597. The maximum absolute atomic E-state index is 12.8. The number of hydrogen-bond donors (Lipinski definition) is 0. The molecule has 6 heteroatoms. The topological polar surface area (TPSA) is 65.1 Å². The Bertz CT molecular complexity index is 792. The van der Waals surface area contributed by atoms with Gasteiger partial charge in [0.15, 0.2) is 5.79 Å². The van der Waals surface area contributed by atoms with Gasteiger partial charge in [0.25, 0.3) is 5.91 Å². The van der Waals surface area contributed by atoms with Gasteiger partial charge in [-0.05, 0) is 39.2 Å². The summed E-state index contributed by atoms with van der Waals surface area (Å²) in [5, 5.41) is 0. The molecule has 0 unspecified atom stereocenters. The smallest absolute Gasteiger partial charge is 0.308 e. The van der Waals surface area contributed by atoms with E-state index in [0.717, 1.165) is 36.9 Å². The number of amides is 1. The summed E-state index contributed by atoms with van der Waals surface area (Å²) in [5.74, 6) is -0.835. The van der Waals surface area contributed by atoms with Crippen molar-refractivity contribution in [1.82, 2.24) is 4.90 Å². The first-order chi connectivity index (χ1) is 14.4. The van der Waals surface area contributed by atoms with Gasteiger partial charge >= 0.3 is 5.97 Å². The van der Waals surface area contributed by atoms with E-state index in [9.17, 15) is 9.59 Å². The number of hydrogen-bond acceptors (Lipinski definition) is 5. The molecule has 30 heavy (non-hydrogen) atoms. The number of ether oxygens (including phenoxy) is 3. The third-order valence-electron chi connectivity index (χ3n) is 6.13. The van der Waals surface area contributed by atoms with Gasteiger partial charge in [0.2, 0.25) is 0 Å². The summed E-state index contributed by atoms with van der Waals surface area (Å²) in [7, 11) is 0. The molecule has 4 rings (SSSR count). The minimum absolute atomic E-state index is 0.00435. The molecule has 0 radical (unpaired) electrons. The van der Waals surface area contributed by atoms with Gasteiger partial charge in [0.1, 0.15) is 0 Å². The highest BCUT2D eigenvalue weighted by Gasteiger charge is 2.45. The molecule has 1 amide bonds. The number of benzene rings is 1. The lowest BCUT2D eigenvalue weighted by Gasteiger charge is -2.43. The van der Waals surface area contributed by atoms with Crippen LogP contribution in [0.2, 0.25) is 0 Å². The van der Waals surface area contributed by atoms with Crippen molar-refractivity contribution in [3.05, 3.63) is 42.0 Å². The molecule has 2 fully saturated rings. The van der Waals surface area contributed by atoms with E-state index >= 15 is 0 Å². The molecule has 6 nitrogen and oxygen atoms in total. The molecule has 3 aliphatic rings. The van der Waals surface area contributed by atoms with Crippen molar-refractivity contribution in [2.45, 2.75) is 82.9 Å². The molecule has 2 aliphatic heterocycles. The third kappa shape index (κ3) is 4.30. The molecule has 162 valence electrons. The fourth-order valence-electron chi connectivity index (χ4n) is 4.82. The molecule has 2 heterocycles. The lowest BCUT2D eigenvalue weighted by atomic mass is 10.0. The zero-order chi connectivity index (χ0) is 21.3. The Balaban J connectivity index is 1.41. The van der Waals surface area contributed by atoms with Gasteiger partial charge < -0.3 is 19.1 Å². The summed E-state index contributed by atoms with van der Waals surface area (Å²) >= 11 is 0. The minimum Gasteiger partial charge on any atom is -0.463 e. The molecule has 2 atom stereocenters. The molecule has 1 aliphatic carbocycles. The molecule has 1 saturated carbocycles. The van der Waals surface area contributed by atoms with Crippen LogP contribution in [0.1, 0.15) is 74.7 Å². The van der Waals surface area contributed by atoms with Crippen LogP contribution in [0, 0.1) is 0 Å². The molecular weight excluding hydrogens is 382 g/mol. The van der Waals surface area contributed by atoms with Crippen molar-refractivity contribution in [2.24, 2.45) is 0 Å². The second kappa shape index (κ2) is 8.52. The molecule has 0 aromatic heterocycles. The van der Waals surface area contributed by atoms with E-state index in [1.807, 2.05) is 38.1 Å². The average Bonchev–Trinajstić information content (AvgIpc) is 3.22. The summed E-state index contributed by atoms with van der Waals surface area (Å²) in [5.41, 5.74) is 2.35. The zero-order valence-corrected chi connectivity index (χ0v) is 17.9. The van der Waals surface area contributed by atoms with Crippen molar-refractivity contribution in [2.75, 3.05) is 6.54 Å². The monoisotopic (exact) mass is 413 g/mol. The van der Waals surface area contributed by atoms with Crippen LogP contribution < -0.4 is 0 Å². The Morgan fingerprint density at radius 1 is 1.20 bits per heavy atom. The molecule has 1 aromatic carbocycles. The van der Waals surface area contributed by atoms with E-state index in [1.54, 1.807) is 4.90 Å². The first kappa shape index (κ1) is 21.1. The van der Waals surface area contributed by atoms with Crippen molar-refractivity contribution >= 4 is 17.6 Å². The number of esters is 1. The van der Waals surface area contributed by atoms with E-state index < -0.39 is 5.79 Å². The van der Waals surface area contributed by atoms with Gasteiger partial charge in [-0.1, -0.05) is 24.8 Å². The highest BCUT2D eigenvalue weighted by Crippen LogP contribution is 2.42. The summed E-state index contributed by atoms with van der Waals surface area (Å²) in [6, 6.07) is 7.58. The molecule has 0 bridgehead atoms. The second-order valence-corrected chi connectivity index (χ2v) is 8.81. The number of carbonyl (C=O) groups is 2. The second-order valence-electron chi connectivity index (χ2n) is 8.81. The number of fused-ring (bicyclic) bond motifs is 1. The first-order valence-corrected chi connectivity index (χ1v) is 11.0. The van der Waals surface area contributed by atoms with E-state index in [0.29, 0.717) is 24.9 Å². The van der Waals surface area contributed by atoms with Crippen molar-refractivity contribution in [1.29, 1.82) is 0 Å². The summed E-state index contributed by atoms with van der Waals surface area (Å²) in [6.45, 7) is 8.36. The standard InChI is InChI=1S/C24H31NO5/c1-16(2)28-22(26)15-19-14-18(29-24(30-19)11-6-7-12-24)10-13-25-17(3)20-8-4-5-9-21(20)23(25)27/h4-5,8-9,16,18-19H,3,6-7,10-15H2,1-2H3/t18-,19-/m1/s1. The Kier molecular flexibility index (Phi) is 5.98. The van der Waals surface area contributed by atoms with E-state index in [-0.39, 0.29) is 36.6 Å². The van der Waals surface area contributed by atoms with Gasteiger partial charge in [0, 0.05) is 42.6 Å². The van der Waals surface area contributed by atoms with Crippen LogP contribution in [0.5, 0.6) is 0 Å². The maximum atomic E-state index is 12.8. The quantitative estimate of drug-likeness (QED) is 0.651. The van der Waals surface area contributed by atoms with Crippen LogP contribution in [0.4, 0.5) is 0 Å². The Labute approximate surface area is 178 Å². The van der Waals surface area contributed by atoms with Crippen LogP contribution >= 0.6 is 0 Å². The fourth-order valence-corrected chi connectivity index (χ4v) is 4.82. The average molecular weight is 414 g/mol. The van der Waals surface area contributed by atoms with Gasteiger partial charge in [0.05, 0.1) is 24.7 Å². The normalized spacial score (nSPS) is 25.2. The highest BCUT2D eigenvalue weighted by molar-refractivity contribution is 6.08. The van der Waals surface area contributed by atoms with Gasteiger partial charge in [-0.2, -0.15) is 0 Å². The molecule has 0 N–H and O–H groups in total. The van der Waals surface area contributed by atoms with Crippen LogP contribution in [-0.2, 0) is 19.0 Å². The number of carbonyl (C=O) groups excluding carboxylic acids is 2. The van der Waals surface area contributed by atoms with Crippen molar-refractivity contribution in [3.63, 3.8) is 0 Å². The van der Waals surface area contributed by atoms with Crippen LogP contribution in [-0.4, -0.2) is 47.4 Å².